The van der Waals surface area contributed by atoms with Crippen molar-refractivity contribution < 1.29 is 0 Å². The first-order chi connectivity index (χ1) is 18.4. The van der Waals surface area contributed by atoms with Crippen LogP contribution >= 0.6 is 0 Å². The Balaban J connectivity index is 1.47. The normalized spacial score (nSPS) is 14.9. The molecule has 0 radical (unpaired) electrons. The monoisotopic (exact) mass is 488 g/mol. The number of fused-ring (bicyclic) bond motifs is 10. The molecule has 2 aliphatic rings. The lowest BCUT2D eigenvalue weighted by atomic mass is 9.70. The average molecular weight is 489 g/mol. The van der Waals surface area contributed by atoms with Crippen LogP contribution in [0.25, 0.3) is 22.3 Å². The predicted molar refractivity (Wildman–Crippen MR) is 160 cm³/mol. The molecule has 1 spiro atoms. The summed E-state index contributed by atoms with van der Waals surface area (Å²) >= 11 is 0. The smallest absolute Gasteiger partial charge is 0.0725 e. The lowest BCUT2D eigenvalue weighted by Gasteiger charge is -2.31. The van der Waals surface area contributed by atoms with Gasteiger partial charge < -0.3 is 0 Å². The van der Waals surface area contributed by atoms with Gasteiger partial charge in [-0.15, -0.1) is 6.58 Å². The van der Waals surface area contributed by atoms with E-state index in [1.807, 2.05) is 0 Å². The Morgan fingerprint density at radius 3 is 1.47 bits per heavy atom. The van der Waals surface area contributed by atoms with E-state index in [4.69, 9.17) is 0 Å². The molecular weight excluding hydrogens is 456 g/mol. The fraction of sp³-hybridized carbons (Fsp3) is 0.158. The van der Waals surface area contributed by atoms with Crippen molar-refractivity contribution in [3.63, 3.8) is 0 Å². The summed E-state index contributed by atoms with van der Waals surface area (Å²) < 4.78 is 0. The minimum absolute atomic E-state index is 0.127. The Bertz CT molecular complexity index is 1650. The summed E-state index contributed by atoms with van der Waals surface area (Å²) in [5.41, 5.74) is 14.6. The molecule has 184 valence electrons. The maximum absolute atomic E-state index is 4.28. The van der Waals surface area contributed by atoms with E-state index in [0.29, 0.717) is 0 Å². The molecule has 1 unspecified atom stereocenters. The van der Waals surface area contributed by atoms with E-state index >= 15 is 0 Å². The first-order valence-electron chi connectivity index (χ1n) is 13.6. The van der Waals surface area contributed by atoms with Gasteiger partial charge in [0.1, 0.15) is 0 Å². The van der Waals surface area contributed by atoms with Crippen molar-refractivity contribution in [3.05, 3.63) is 167 Å². The van der Waals surface area contributed by atoms with E-state index < -0.39 is 0 Å². The van der Waals surface area contributed by atoms with Crippen LogP contribution in [0.3, 0.4) is 0 Å². The summed E-state index contributed by atoms with van der Waals surface area (Å²) in [7, 11) is 0. The Labute approximate surface area is 226 Å². The van der Waals surface area contributed by atoms with Gasteiger partial charge in [-0.25, -0.2) is 0 Å². The van der Waals surface area contributed by atoms with Crippen molar-refractivity contribution in [3.8, 4) is 22.3 Å². The zero-order valence-corrected chi connectivity index (χ0v) is 22.3. The van der Waals surface area contributed by atoms with Crippen molar-refractivity contribution in [2.45, 2.75) is 37.5 Å². The minimum Gasteiger partial charge on any atom is -0.102 e. The van der Waals surface area contributed by atoms with Gasteiger partial charge in [0.05, 0.1) is 5.41 Å². The van der Waals surface area contributed by atoms with E-state index in [1.165, 1.54) is 61.2 Å². The van der Waals surface area contributed by atoms with Crippen LogP contribution in [0.15, 0.2) is 128 Å². The van der Waals surface area contributed by atoms with E-state index in [9.17, 15) is 0 Å². The average Bonchev–Trinajstić information content (AvgIpc) is 3.41. The van der Waals surface area contributed by atoms with Crippen molar-refractivity contribution >= 4 is 0 Å². The Kier molecular flexibility index (Phi) is 4.94. The summed E-state index contributed by atoms with van der Waals surface area (Å²) in [4.78, 5) is 0. The molecule has 0 aromatic heterocycles. The molecule has 0 saturated heterocycles. The molecule has 2 aliphatic carbocycles. The predicted octanol–water partition coefficient (Wildman–Crippen LogP) is 9.65. The van der Waals surface area contributed by atoms with Crippen molar-refractivity contribution in [1.82, 2.24) is 0 Å². The third-order valence-corrected chi connectivity index (χ3v) is 8.75. The van der Waals surface area contributed by atoms with Crippen molar-refractivity contribution in [2.75, 3.05) is 0 Å². The van der Waals surface area contributed by atoms with E-state index in [2.05, 4.69) is 149 Å². The highest BCUT2D eigenvalue weighted by Gasteiger charge is 2.51. The summed E-state index contributed by atoms with van der Waals surface area (Å²) in [6.45, 7) is 11.1. The number of hydrogen-bond donors (Lipinski definition) is 0. The summed E-state index contributed by atoms with van der Waals surface area (Å²) in [5, 5.41) is 0. The molecule has 38 heavy (non-hydrogen) atoms. The third-order valence-electron chi connectivity index (χ3n) is 8.75. The Morgan fingerprint density at radius 1 is 0.553 bits per heavy atom. The van der Waals surface area contributed by atoms with E-state index in [1.54, 1.807) is 0 Å². The molecule has 0 fully saturated rings. The molecular formula is C38H32. The van der Waals surface area contributed by atoms with Gasteiger partial charge in [0.25, 0.3) is 0 Å². The quantitative estimate of drug-likeness (QED) is 0.217. The Hall–Kier alpha value is -4.16. The summed E-state index contributed by atoms with van der Waals surface area (Å²) in [6, 6.07) is 43.2. The van der Waals surface area contributed by atoms with Gasteiger partial charge in [-0.1, -0.05) is 142 Å². The third kappa shape index (κ3) is 3.04. The molecule has 0 heteroatoms. The molecule has 0 heterocycles. The standard InChI is InChI=1S/C38H32/c1-5-28(25-18-21-27(22-19-25)37(2,3)4)26-20-23-32-31-14-8-11-17-35(31)38(36(32)24-26)33-15-9-6-12-29(33)30-13-7-10-16-34(30)38/h5-24,28H,1H2,2-4H3. The van der Waals surface area contributed by atoms with Crippen LogP contribution in [0.4, 0.5) is 0 Å². The zero-order valence-electron chi connectivity index (χ0n) is 22.3. The number of hydrogen-bond acceptors (Lipinski definition) is 0. The van der Waals surface area contributed by atoms with Crippen LogP contribution in [0.2, 0.25) is 0 Å². The van der Waals surface area contributed by atoms with Crippen LogP contribution in [-0.2, 0) is 10.8 Å². The van der Waals surface area contributed by atoms with Crippen LogP contribution in [0, 0.1) is 0 Å². The number of rotatable bonds is 3. The minimum atomic E-state index is -0.309. The molecule has 0 saturated carbocycles. The van der Waals surface area contributed by atoms with Crippen LogP contribution < -0.4 is 0 Å². The SMILES string of the molecule is C=CC(c1ccc(C(C)(C)C)cc1)c1ccc2c(c1)C1(c3ccccc3-c3ccccc31)c1ccccc1-2. The largest absolute Gasteiger partial charge is 0.102 e. The highest BCUT2D eigenvalue weighted by atomic mass is 14.5. The molecule has 0 nitrogen and oxygen atoms in total. The molecule has 0 bridgehead atoms. The second-order valence-electron chi connectivity index (χ2n) is 11.8. The van der Waals surface area contributed by atoms with Crippen LogP contribution in [0.1, 0.15) is 65.6 Å². The van der Waals surface area contributed by atoms with Gasteiger partial charge >= 0.3 is 0 Å². The van der Waals surface area contributed by atoms with Crippen LogP contribution in [0.5, 0.6) is 0 Å². The van der Waals surface area contributed by atoms with Gasteiger partial charge in [0.15, 0.2) is 0 Å². The molecule has 0 aliphatic heterocycles. The number of allylic oxidation sites excluding steroid dienone is 1. The summed E-state index contributed by atoms with van der Waals surface area (Å²) in [5.74, 6) is 0.127. The highest BCUT2D eigenvalue weighted by molar-refractivity contribution is 5.95. The fourth-order valence-corrected chi connectivity index (χ4v) is 6.96. The molecule has 0 N–H and O–H groups in total. The van der Waals surface area contributed by atoms with E-state index in [-0.39, 0.29) is 16.7 Å². The van der Waals surface area contributed by atoms with Crippen molar-refractivity contribution in [1.29, 1.82) is 0 Å². The fourth-order valence-electron chi connectivity index (χ4n) is 6.96. The molecule has 0 amide bonds. The topological polar surface area (TPSA) is 0 Å². The molecule has 5 aromatic rings. The first kappa shape index (κ1) is 23.0. The van der Waals surface area contributed by atoms with Gasteiger partial charge in [-0.2, -0.15) is 0 Å². The molecule has 1 atom stereocenters. The maximum Gasteiger partial charge on any atom is 0.0725 e. The maximum atomic E-state index is 4.28. The zero-order chi connectivity index (χ0) is 26.1. The molecule has 5 aromatic carbocycles. The lowest BCUT2D eigenvalue weighted by Crippen LogP contribution is -2.26. The summed E-state index contributed by atoms with van der Waals surface area (Å²) in [6.07, 6.45) is 2.10. The Morgan fingerprint density at radius 2 is 1.00 bits per heavy atom. The van der Waals surface area contributed by atoms with Gasteiger partial charge in [0, 0.05) is 5.92 Å². The number of benzene rings is 5. The van der Waals surface area contributed by atoms with Gasteiger partial charge in [0.2, 0.25) is 0 Å². The van der Waals surface area contributed by atoms with Crippen molar-refractivity contribution in [2.24, 2.45) is 0 Å². The van der Waals surface area contributed by atoms with Gasteiger partial charge in [-0.3, -0.25) is 0 Å². The molecule has 7 rings (SSSR count). The highest BCUT2D eigenvalue weighted by Crippen LogP contribution is 2.62. The van der Waals surface area contributed by atoms with Gasteiger partial charge in [-0.05, 0) is 66.6 Å². The second-order valence-corrected chi connectivity index (χ2v) is 11.8. The van der Waals surface area contributed by atoms with Crippen LogP contribution in [-0.4, -0.2) is 0 Å². The lowest BCUT2D eigenvalue weighted by molar-refractivity contribution is 0.590. The second kappa shape index (κ2) is 8.17. The first-order valence-corrected chi connectivity index (χ1v) is 13.6. The van der Waals surface area contributed by atoms with E-state index in [0.717, 1.165) is 0 Å².